The maximum atomic E-state index is 11.3. The van der Waals surface area contributed by atoms with Gasteiger partial charge >= 0.3 is 11.9 Å². The molecule has 0 saturated carbocycles. The van der Waals surface area contributed by atoms with Gasteiger partial charge in [-0.25, -0.2) is 0 Å². The number of carbonyl (C=O) groups excluding carboxylic acids is 2. The van der Waals surface area contributed by atoms with Crippen LogP contribution in [0.3, 0.4) is 0 Å². The number of hydrogen-bond acceptors (Lipinski definition) is 3. The Hall–Kier alpha value is -1.38. The van der Waals surface area contributed by atoms with E-state index in [1.807, 2.05) is 19.9 Å². The average Bonchev–Trinajstić information content (AvgIpc) is 2.15. The third-order valence-electron chi connectivity index (χ3n) is 2.02. The van der Waals surface area contributed by atoms with E-state index in [-0.39, 0.29) is 12.3 Å². The summed E-state index contributed by atoms with van der Waals surface area (Å²) in [4.78, 5) is 22.2. The standard InChI is InChI=1S/C11H16O3/c1-5-7-10(12)14-11(13)9(4)8(3)6-2/h5-6,9H,1,7H2,2-4H3. The topological polar surface area (TPSA) is 43.4 Å². The molecule has 3 nitrogen and oxygen atoms in total. The largest absolute Gasteiger partial charge is 0.392 e. The Morgan fingerprint density at radius 3 is 2.50 bits per heavy atom. The summed E-state index contributed by atoms with van der Waals surface area (Å²) in [6.07, 6.45) is 3.29. The van der Waals surface area contributed by atoms with Crippen LogP contribution in [-0.2, 0) is 14.3 Å². The molecule has 0 aromatic rings. The van der Waals surface area contributed by atoms with Gasteiger partial charge in [0.15, 0.2) is 0 Å². The first-order valence-electron chi connectivity index (χ1n) is 4.51. The second-order valence-electron chi connectivity index (χ2n) is 3.04. The molecule has 0 heterocycles. The highest BCUT2D eigenvalue weighted by Crippen LogP contribution is 2.11. The van der Waals surface area contributed by atoms with E-state index >= 15 is 0 Å². The Bertz CT molecular complexity index is 264. The number of carbonyl (C=O) groups is 2. The minimum atomic E-state index is -0.555. The molecule has 0 N–H and O–H groups in total. The predicted octanol–water partition coefficient (Wildman–Crippen LogP) is 2.23. The molecule has 0 aromatic carbocycles. The van der Waals surface area contributed by atoms with Gasteiger partial charge in [0.25, 0.3) is 0 Å². The van der Waals surface area contributed by atoms with Gasteiger partial charge < -0.3 is 4.74 Å². The van der Waals surface area contributed by atoms with Crippen molar-refractivity contribution >= 4 is 11.9 Å². The van der Waals surface area contributed by atoms with Gasteiger partial charge in [-0.1, -0.05) is 17.7 Å². The molecule has 0 fully saturated rings. The second kappa shape index (κ2) is 6.13. The smallest absolute Gasteiger partial charge is 0.320 e. The molecule has 0 aliphatic rings. The summed E-state index contributed by atoms with van der Waals surface area (Å²) in [6, 6.07) is 0. The Labute approximate surface area is 84.4 Å². The molecule has 0 amide bonds. The van der Waals surface area contributed by atoms with Crippen molar-refractivity contribution < 1.29 is 14.3 Å². The fourth-order valence-electron chi connectivity index (χ4n) is 0.796. The van der Waals surface area contributed by atoms with E-state index in [2.05, 4.69) is 11.3 Å². The quantitative estimate of drug-likeness (QED) is 0.393. The summed E-state index contributed by atoms with van der Waals surface area (Å²) < 4.78 is 4.59. The first-order valence-corrected chi connectivity index (χ1v) is 4.51. The zero-order valence-corrected chi connectivity index (χ0v) is 8.87. The van der Waals surface area contributed by atoms with Crippen LogP contribution in [0.25, 0.3) is 0 Å². The molecule has 3 heteroatoms. The minimum Gasteiger partial charge on any atom is -0.392 e. The summed E-state index contributed by atoms with van der Waals surface area (Å²) in [5.74, 6) is -1.43. The molecule has 0 spiro atoms. The number of ether oxygens (including phenoxy) is 1. The van der Waals surface area contributed by atoms with Crippen molar-refractivity contribution in [2.75, 3.05) is 0 Å². The maximum absolute atomic E-state index is 11.3. The van der Waals surface area contributed by atoms with E-state index < -0.39 is 11.9 Å². The summed E-state index contributed by atoms with van der Waals surface area (Å²) >= 11 is 0. The van der Waals surface area contributed by atoms with Gasteiger partial charge in [-0.05, 0) is 20.8 Å². The van der Waals surface area contributed by atoms with Crippen molar-refractivity contribution in [1.29, 1.82) is 0 Å². The first kappa shape index (κ1) is 12.6. The maximum Gasteiger partial charge on any atom is 0.320 e. The van der Waals surface area contributed by atoms with Crippen LogP contribution in [0.15, 0.2) is 24.3 Å². The molecule has 0 aromatic heterocycles. The minimum absolute atomic E-state index is 0.0628. The van der Waals surface area contributed by atoms with E-state index in [0.29, 0.717) is 0 Å². The molecule has 0 aliphatic carbocycles. The number of hydrogen-bond donors (Lipinski definition) is 0. The zero-order valence-electron chi connectivity index (χ0n) is 8.87. The van der Waals surface area contributed by atoms with Crippen LogP contribution in [0, 0.1) is 5.92 Å². The lowest BCUT2D eigenvalue weighted by atomic mass is 10.0. The third-order valence-corrected chi connectivity index (χ3v) is 2.02. The number of allylic oxidation sites excluding steroid dienone is 1. The Morgan fingerprint density at radius 1 is 1.50 bits per heavy atom. The third kappa shape index (κ3) is 4.03. The highest BCUT2D eigenvalue weighted by atomic mass is 16.6. The van der Waals surface area contributed by atoms with Gasteiger partial charge in [-0.15, -0.1) is 6.58 Å². The van der Waals surface area contributed by atoms with E-state index in [9.17, 15) is 9.59 Å². The van der Waals surface area contributed by atoms with E-state index in [1.54, 1.807) is 6.92 Å². The molecule has 1 atom stereocenters. The van der Waals surface area contributed by atoms with E-state index in [1.165, 1.54) is 6.08 Å². The molecular formula is C11H16O3. The molecule has 14 heavy (non-hydrogen) atoms. The lowest BCUT2D eigenvalue weighted by Gasteiger charge is -2.09. The number of rotatable bonds is 4. The number of esters is 2. The van der Waals surface area contributed by atoms with Crippen molar-refractivity contribution in [3.8, 4) is 0 Å². The van der Waals surface area contributed by atoms with Crippen LogP contribution >= 0.6 is 0 Å². The highest BCUT2D eigenvalue weighted by Gasteiger charge is 2.18. The molecular weight excluding hydrogens is 180 g/mol. The summed E-state index contributed by atoms with van der Waals surface area (Å²) in [5, 5.41) is 0. The van der Waals surface area contributed by atoms with Crippen molar-refractivity contribution in [2.45, 2.75) is 27.2 Å². The average molecular weight is 196 g/mol. The monoisotopic (exact) mass is 196 g/mol. The normalized spacial score (nSPS) is 13.2. The van der Waals surface area contributed by atoms with Crippen LogP contribution in [0.1, 0.15) is 27.2 Å². The Balaban J connectivity index is 4.21. The molecule has 1 unspecified atom stereocenters. The van der Waals surface area contributed by atoms with Crippen LogP contribution in [-0.4, -0.2) is 11.9 Å². The second-order valence-corrected chi connectivity index (χ2v) is 3.04. The SMILES string of the molecule is C=CCC(=O)OC(=O)C(C)C(C)=CC. The van der Waals surface area contributed by atoms with E-state index in [0.717, 1.165) is 5.57 Å². The van der Waals surface area contributed by atoms with Crippen LogP contribution < -0.4 is 0 Å². The van der Waals surface area contributed by atoms with Crippen molar-refractivity contribution in [3.63, 3.8) is 0 Å². The van der Waals surface area contributed by atoms with Gasteiger partial charge in [-0.2, -0.15) is 0 Å². The summed E-state index contributed by atoms with van der Waals surface area (Å²) in [7, 11) is 0. The van der Waals surface area contributed by atoms with Gasteiger partial charge in [0.2, 0.25) is 0 Å². The van der Waals surface area contributed by atoms with Crippen molar-refractivity contribution in [3.05, 3.63) is 24.3 Å². The molecule has 0 saturated heterocycles. The fourth-order valence-corrected chi connectivity index (χ4v) is 0.796. The van der Waals surface area contributed by atoms with Crippen LogP contribution in [0.2, 0.25) is 0 Å². The van der Waals surface area contributed by atoms with Crippen LogP contribution in [0.4, 0.5) is 0 Å². The summed E-state index contributed by atoms with van der Waals surface area (Å²) in [5.41, 5.74) is 0.890. The van der Waals surface area contributed by atoms with Crippen LogP contribution in [0.5, 0.6) is 0 Å². The molecule has 0 bridgehead atoms. The lowest BCUT2D eigenvalue weighted by molar-refractivity contribution is -0.160. The molecule has 0 rings (SSSR count). The van der Waals surface area contributed by atoms with E-state index in [4.69, 9.17) is 0 Å². The van der Waals surface area contributed by atoms with Gasteiger partial charge in [-0.3, -0.25) is 9.59 Å². The highest BCUT2D eigenvalue weighted by molar-refractivity contribution is 5.88. The lowest BCUT2D eigenvalue weighted by Crippen LogP contribution is -2.19. The zero-order chi connectivity index (χ0) is 11.1. The molecule has 0 aliphatic heterocycles. The molecule has 0 radical (unpaired) electrons. The first-order chi connectivity index (χ1) is 6.52. The fraction of sp³-hybridized carbons (Fsp3) is 0.455. The Kier molecular flexibility index (Phi) is 5.53. The van der Waals surface area contributed by atoms with Gasteiger partial charge in [0, 0.05) is 0 Å². The van der Waals surface area contributed by atoms with Gasteiger partial charge in [0.1, 0.15) is 0 Å². The van der Waals surface area contributed by atoms with Crippen molar-refractivity contribution in [2.24, 2.45) is 5.92 Å². The van der Waals surface area contributed by atoms with Crippen molar-refractivity contribution in [1.82, 2.24) is 0 Å². The predicted molar refractivity (Wildman–Crippen MR) is 54.5 cm³/mol. The summed E-state index contributed by atoms with van der Waals surface area (Å²) in [6.45, 7) is 8.75. The molecule has 78 valence electrons. The van der Waals surface area contributed by atoms with Gasteiger partial charge in [0.05, 0.1) is 12.3 Å². The Morgan fingerprint density at radius 2 is 2.07 bits per heavy atom.